The molecular formula is C21H20OP+. The van der Waals surface area contributed by atoms with Gasteiger partial charge in [-0.1, -0.05) is 54.6 Å². The Labute approximate surface area is 138 Å². The molecular weight excluding hydrogens is 299 g/mol. The molecule has 3 aromatic rings. The van der Waals surface area contributed by atoms with Crippen molar-refractivity contribution in [2.24, 2.45) is 0 Å². The normalized spacial score (nSPS) is 11.2. The maximum Gasteiger partial charge on any atom is 0.168 e. The van der Waals surface area contributed by atoms with E-state index in [1.807, 2.05) is 18.2 Å². The summed E-state index contributed by atoms with van der Waals surface area (Å²) in [6.07, 6.45) is 0.561. The van der Waals surface area contributed by atoms with Gasteiger partial charge in [-0.2, -0.15) is 0 Å². The van der Waals surface area contributed by atoms with Crippen molar-refractivity contribution in [2.75, 3.05) is 6.16 Å². The van der Waals surface area contributed by atoms with Gasteiger partial charge in [0.2, 0.25) is 0 Å². The average Bonchev–Trinajstić information content (AvgIpc) is 2.62. The van der Waals surface area contributed by atoms with Gasteiger partial charge >= 0.3 is 0 Å². The lowest BCUT2D eigenvalue weighted by Crippen LogP contribution is -2.35. The van der Waals surface area contributed by atoms with E-state index < -0.39 is 7.26 Å². The molecule has 0 unspecified atom stereocenters. The van der Waals surface area contributed by atoms with Crippen LogP contribution in [-0.4, -0.2) is 11.9 Å². The van der Waals surface area contributed by atoms with E-state index in [1.54, 1.807) is 6.92 Å². The zero-order valence-electron chi connectivity index (χ0n) is 13.2. The average molecular weight is 319 g/mol. The van der Waals surface area contributed by atoms with Gasteiger partial charge in [0.15, 0.2) is 5.78 Å². The summed E-state index contributed by atoms with van der Waals surface area (Å²) in [4.78, 5) is 12.2. The zero-order chi connectivity index (χ0) is 16.1. The summed E-state index contributed by atoms with van der Waals surface area (Å²) in [5.74, 6) is 0.231. The number of carbonyl (C=O) groups excluding carboxylic acids is 1. The molecule has 0 amide bonds. The van der Waals surface area contributed by atoms with Gasteiger partial charge in [-0.3, -0.25) is 4.79 Å². The van der Waals surface area contributed by atoms with Crippen LogP contribution in [0.4, 0.5) is 0 Å². The second-order valence-electron chi connectivity index (χ2n) is 5.68. The van der Waals surface area contributed by atoms with Gasteiger partial charge in [0, 0.05) is 0 Å². The Morgan fingerprint density at radius 1 is 0.652 bits per heavy atom. The Morgan fingerprint density at radius 3 is 1.22 bits per heavy atom. The lowest BCUT2D eigenvalue weighted by molar-refractivity contribution is -0.114. The summed E-state index contributed by atoms with van der Waals surface area (Å²) in [6.45, 7) is 1.70. The van der Waals surface area contributed by atoms with Gasteiger partial charge in [0.05, 0.1) is 0 Å². The molecule has 114 valence electrons. The van der Waals surface area contributed by atoms with Crippen molar-refractivity contribution in [1.29, 1.82) is 0 Å². The molecule has 3 rings (SSSR count). The van der Waals surface area contributed by atoms with Crippen LogP contribution in [0.15, 0.2) is 91.0 Å². The minimum absolute atomic E-state index is 0.231. The van der Waals surface area contributed by atoms with Crippen LogP contribution in [0.25, 0.3) is 0 Å². The highest BCUT2D eigenvalue weighted by Gasteiger charge is 2.46. The minimum Gasteiger partial charge on any atom is -0.296 e. The second kappa shape index (κ2) is 6.89. The fraction of sp³-hybridized carbons (Fsp3) is 0.0952. The van der Waals surface area contributed by atoms with Crippen molar-refractivity contribution >= 4 is 29.0 Å². The van der Waals surface area contributed by atoms with E-state index in [1.165, 1.54) is 15.9 Å². The number of carbonyl (C=O) groups is 1. The standard InChI is InChI=1S/C21H20OP/c1-18(22)17-23(19-11-5-2-6-12-19,20-13-7-3-8-14-20)21-15-9-4-10-16-21/h2-16H,17H2,1H3/q+1. The number of hydrogen-bond acceptors (Lipinski definition) is 1. The van der Waals surface area contributed by atoms with E-state index in [2.05, 4.69) is 72.8 Å². The molecule has 0 aliphatic rings. The molecule has 0 bridgehead atoms. The van der Waals surface area contributed by atoms with E-state index in [9.17, 15) is 4.79 Å². The molecule has 2 heteroatoms. The third-order valence-corrected chi connectivity index (χ3v) is 8.51. The summed E-state index contributed by atoms with van der Waals surface area (Å²) >= 11 is 0. The fourth-order valence-electron chi connectivity index (χ4n) is 3.10. The number of ketones is 1. The van der Waals surface area contributed by atoms with Crippen molar-refractivity contribution in [1.82, 2.24) is 0 Å². The first kappa shape index (κ1) is 15.6. The monoisotopic (exact) mass is 319 g/mol. The molecule has 0 saturated carbocycles. The van der Waals surface area contributed by atoms with Crippen LogP contribution in [0.3, 0.4) is 0 Å². The zero-order valence-corrected chi connectivity index (χ0v) is 14.1. The molecule has 0 heterocycles. The van der Waals surface area contributed by atoms with Crippen molar-refractivity contribution < 1.29 is 4.79 Å². The molecule has 23 heavy (non-hydrogen) atoms. The Morgan fingerprint density at radius 2 is 0.957 bits per heavy atom. The van der Waals surface area contributed by atoms with Gasteiger partial charge in [-0.05, 0) is 43.3 Å². The maximum absolute atomic E-state index is 12.2. The highest BCUT2D eigenvalue weighted by molar-refractivity contribution is 7.96. The Kier molecular flexibility index (Phi) is 4.69. The Bertz CT molecular complexity index is 670. The second-order valence-corrected chi connectivity index (χ2v) is 9.16. The summed E-state index contributed by atoms with van der Waals surface area (Å²) in [5, 5.41) is 3.77. The van der Waals surface area contributed by atoms with Crippen LogP contribution in [0, 0.1) is 0 Å². The van der Waals surface area contributed by atoms with Gasteiger partial charge in [-0.25, -0.2) is 0 Å². The highest BCUT2D eigenvalue weighted by atomic mass is 31.2. The number of rotatable bonds is 5. The first-order valence-electron chi connectivity index (χ1n) is 7.78. The minimum atomic E-state index is -1.96. The molecule has 3 aromatic carbocycles. The first-order chi connectivity index (χ1) is 11.2. The van der Waals surface area contributed by atoms with Crippen LogP contribution in [-0.2, 0) is 4.79 Å². The van der Waals surface area contributed by atoms with Gasteiger partial charge in [0.1, 0.15) is 29.3 Å². The van der Waals surface area contributed by atoms with E-state index in [0.29, 0.717) is 6.16 Å². The molecule has 1 nitrogen and oxygen atoms in total. The molecule has 0 fully saturated rings. The number of hydrogen-bond donors (Lipinski definition) is 0. The third-order valence-electron chi connectivity index (χ3n) is 4.05. The predicted molar refractivity (Wildman–Crippen MR) is 101 cm³/mol. The quantitative estimate of drug-likeness (QED) is 0.657. The van der Waals surface area contributed by atoms with Crippen LogP contribution < -0.4 is 15.9 Å². The van der Waals surface area contributed by atoms with Crippen molar-refractivity contribution in [3.8, 4) is 0 Å². The van der Waals surface area contributed by atoms with Gasteiger partial charge < -0.3 is 0 Å². The molecule has 0 N–H and O–H groups in total. The van der Waals surface area contributed by atoms with Crippen LogP contribution in [0.5, 0.6) is 0 Å². The van der Waals surface area contributed by atoms with Crippen LogP contribution >= 0.6 is 7.26 Å². The van der Waals surface area contributed by atoms with Crippen molar-refractivity contribution in [3.05, 3.63) is 91.0 Å². The summed E-state index contributed by atoms with van der Waals surface area (Å²) in [7, 11) is -1.96. The van der Waals surface area contributed by atoms with Crippen molar-refractivity contribution in [2.45, 2.75) is 6.92 Å². The topological polar surface area (TPSA) is 17.1 Å². The first-order valence-corrected chi connectivity index (χ1v) is 9.75. The molecule has 0 aliphatic carbocycles. The maximum atomic E-state index is 12.2. The predicted octanol–water partition coefficient (Wildman–Crippen LogP) is 3.57. The van der Waals surface area contributed by atoms with E-state index in [-0.39, 0.29) is 5.78 Å². The number of Topliss-reactive ketones (excluding diaryl/α,β-unsaturated/α-hetero) is 1. The SMILES string of the molecule is CC(=O)C[P+](c1ccccc1)(c1ccccc1)c1ccccc1. The molecule has 0 aromatic heterocycles. The lowest BCUT2D eigenvalue weighted by Gasteiger charge is -2.26. The van der Waals surface area contributed by atoms with Crippen LogP contribution in [0.1, 0.15) is 6.92 Å². The van der Waals surface area contributed by atoms with E-state index in [4.69, 9.17) is 0 Å². The number of benzene rings is 3. The summed E-state index contributed by atoms with van der Waals surface area (Å²) in [5.41, 5.74) is 0. The lowest BCUT2D eigenvalue weighted by atomic mass is 10.4. The molecule has 0 radical (unpaired) electrons. The third kappa shape index (κ3) is 3.11. The fourth-order valence-corrected chi connectivity index (χ4v) is 7.26. The van der Waals surface area contributed by atoms with E-state index >= 15 is 0 Å². The largest absolute Gasteiger partial charge is 0.296 e. The summed E-state index contributed by atoms with van der Waals surface area (Å²) < 4.78 is 0. The van der Waals surface area contributed by atoms with Gasteiger partial charge in [0.25, 0.3) is 0 Å². The Hall–Kier alpha value is -2.24. The Balaban J connectivity index is 2.32. The smallest absolute Gasteiger partial charge is 0.168 e. The molecule has 0 saturated heterocycles. The molecule has 0 spiro atoms. The molecule has 0 aliphatic heterocycles. The van der Waals surface area contributed by atoms with Crippen molar-refractivity contribution in [3.63, 3.8) is 0 Å². The van der Waals surface area contributed by atoms with Gasteiger partial charge in [-0.15, -0.1) is 0 Å². The highest BCUT2D eigenvalue weighted by Crippen LogP contribution is 2.55. The molecule has 0 atom stereocenters. The summed E-state index contributed by atoms with van der Waals surface area (Å²) in [6, 6.07) is 31.5. The van der Waals surface area contributed by atoms with Crippen LogP contribution in [0.2, 0.25) is 0 Å². The van der Waals surface area contributed by atoms with E-state index in [0.717, 1.165) is 0 Å².